The first-order chi connectivity index (χ1) is 8.36. The first kappa shape index (κ1) is 9.65. The van der Waals surface area contributed by atoms with Crippen LogP contribution in [0.15, 0.2) is 47.5 Å². The zero-order valence-corrected chi connectivity index (χ0v) is 8.79. The standard InChI is InChI=1S/C12H8N4O/c17-12-10-7-14-13-6-9(10)11(15-16-12)8-4-2-1-3-5-8/h1-7H,(H,16,17). The Morgan fingerprint density at radius 2 is 1.65 bits per heavy atom. The van der Waals surface area contributed by atoms with Crippen molar-refractivity contribution in [1.29, 1.82) is 0 Å². The summed E-state index contributed by atoms with van der Waals surface area (Å²) in [6, 6.07) is 9.63. The van der Waals surface area contributed by atoms with E-state index in [1.807, 2.05) is 30.3 Å². The van der Waals surface area contributed by atoms with E-state index >= 15 is 0 Å². The largest absolute Gasteiger partial charge is 0.273 e. The highest BCUT2D eigenvalue weighted by atomic mass is 16.1. The van der Waals surface area contributed by atoms with Gasteiger partial charge in [-0.25, -0.2) is 5.10 Å². The van der Waals surface area contributed by atoms with Crippen molar-refractivity contribution in [2.75, 3.05) is 0 Å². The van der Waals surface area contributed by atoms with Gasteiger partial charge in [0.2, 0.25) is 0 Å². The second-order valence-electron chi connectivity index (χ2n) is 3.58. The van der Waals surface area contributed by atoms with E-state index in [2.05, 4.69) is 20.4 Å². The van der Waals surface area contributed by atoms with Gasteiger partial charge in [-0.05, 0) is 0 Å². The normalized spacial score (nSPS) is 10.6. The fourth-order valence-electron chi connectivity index (χ4n) is 1.73. The van der Waals surface area contributed by atoms with Gasteiger partial charge in [0.25, 0.3) is 5.56 Å². The van der Waals surface area contributed by atoms with Gasteiger partial charge < -0.3 is 0 Å². The van der Waals surface area contributed by atoms with Gasteiger partial charge in [0.1, 0.15) is 5.69 Å². The van der Waals surface area contributed by atoms with E-state index < -0.39 is 0 Å². The smallest absolute Gasteiger partial charge is 0.267 e. The number of nitrogens with one attached hydrogen (secondary N) is 1. The Balaban J connectivity index is 2.39. The lowest BCUT2D eigenvalue weighted by atomic mass is 10.1. The molecule has 0 aliphatic heterocycles. The van der Waals surface area contributed by atoms with Crippen molar-refractivity contribution in [3.63, 3.8) is 0 Å². The summed E-state index contributed by atoms with van der Waals surface area (Å²) in [5, 5.41) is 15.2. The average Bonchev–Trinajstić information content (AvgIpc) is 2.41. The molecule has 0 fully saturated rings. The van der Waals surface area contributed by atoms with Crippen LogP contribution in [0.2, 0.25) is 0 Å². The molecule has 0 aliphatic carbocycles. The van der Waals surface area contributed by atoms with Crippen LogP contribution in [0.1, 0.15) is 0 Å². The molecule has 5 heteroatoms. The number of aromatic nitrogens is 4. The maximum Gasteiger partial charge on any atom is 0.273 e. The van der Waals surface area contributed by atoms with Crippen LogP contribution in [-0.2, 0) is 0 Å². The molecule has 0 radical (unpaired) electrons. The van der Waals surface area contributed by atoms with E-state index in [0.29, 0.717) is 16.5 Å². The van der Waals surface area contributed by atoms with Gasteiger partial charge in [-0.1, -0.05) is 30.3 Å². The molecule has 17 heavy (non-hydrogen) atoms. The molecule has 0 aliphatic rings. The van der Waals surface area contributed by atoms with Gasteiger partial charge >= 0.3 is 0 Å². The van der Waals surface area contributed by atoms with Crippen molar-refractivity contribution < 1.29 is 0 Å². The Kier molecular flexibility index (Phi) is 2.15. The lowest BCUT2D eigenvalue weighted by Gasteiger charge is -2.03. The van der Waals surface area contributed by atoms with Crippen molar-refractivity contribution in [1.82, 2.24) is 20.4 Å². The number of rotatable bonds is 1. The molecule has 1 aromatic carbocycles. The zero-order valence-electron chi connectivity index (χ0n) is 8.79. The summed E-state index contributed by atoms with van der Waals surface area (Å²) in [5.41, 5.74) is 1.38. The number of fused-ring (bicyclic) bond motifs is 1. The zero-order chi connectivity index (χ0) is 11.7. The Bertz CT molecular complexity index is 721. The Morgan fingerprint density at radius 3 is 2.41 bits per heavy atom. The van der Waals surface area contributed by atoms with E-state index in [0.717, 1.165) is 5.56 Å². The number of nitrogens with zero attached hydrogens (tertiary/aromatic N) is 3. The third kappa shape index (κ3) is 1.57. The van der Waals surface area contributed by atoms with Crippen LogP contribution in [0.5, 0.6) is 0 Å². The first-order valence-electron chi connectivity index (χ1n) is 5.11. The number of H-pyrrole nitrogens is 1. The summed E-state index contributed by atoms with van der Waals surface area (Å²) >= 11 is 0. The Labute approximate surface area is 96.1 Å². The summed E-state index contributed by atoms with van der Waals surface area (Å²) in [7, 11) is 0. The van der Waals surface area contributed by atoms with Crippen molar-refractivity contribution in [3.8, 4) is 11.3 Å². The minimum atomic E-state index is -0.255. The van der Waals surface area contributed by atoms with E-state index in [-0.39, 0.29) is 5.56 Å². The van der Waals surface area contributed by atoms with Crippen LogP contribution in [0.4, 0.5) is 0 Å². The Hall–Kier alpha value is -2.56. The van der Waals surface area contributed by atoms with Crippen molar-refractivity contribution in [2.45, 2.75) is 0 Å². The van der Waals surface area contributed by atoms with Crippen LogP contribution in [0, 0.1) is 0 Å². The van der Waals surface area contributed by atoms with E-state index in [1.54, 1.807) is 6.20 Å². The molecule has 0 amide bonds. The topological polar surface area (TPSA) is 71.5 Å². The quantitative estimate of drug-likeness (QED) is 0.677. The van der Waals surface area contributed by atoms with Gasteiger partial charge in [0.15, 0.2) is 0 Å². The van der Waals surface area contributed by atoms with E-state index in [9.17, 15) is 4.79 Å². The van der Waals surface area contributed by atoms with Crippen LogP contribution in [0.25, 0.3) is 22.0 Å². The molecule has 3 rings (SSSR count). The summed E-state index contributed by atoms with van der Waals surface area (Å²) in [6.07, 6.45) is 3.00. The summed E-state index contributed by atoms with van der Waals surface area (Å²) in [4.78, 5) is 11.6. The van der Waals surface area contributed by atoms with E-state index in [4.69, 9.17) is 0 Å². The number of benzene rings is 1. The number of hydrogen-bond acceptors (Lipinski definition) is 4. The molecule has 0 saturated carbocycles. The molecule has 0 unspecified atom stereocenters. The highest BCUT2D eigenvalue weighted by molar-refractivity contribution is 5.92. The van der Waals surface area contributed by atoms with E-state index in [1.165, 1.54) is 6.20 Å². The third-order valence-electron chi connectivity index (χ3n) is 2.55. The fourth-order valence-corrected chi connectivity index (χ4v) is 1.73. The molecule has 82 valence electrons. The molecule has 0 saturated heterocycles. The molecule has 5 nitrogen and oxygen atoms in total. The molecule has 0 spiro atoms. The SMILES string of the molecule is O=c1[nH]nc(-c2ccccc2)c2cnncc12. The van der Waals surface area contributed by atoms with Crippen molar-refractivity contribution in [3.05, 3.63) is 53.1 Å². The predicted molar refractivity (Wildman–Crippen MR) is 63.4 cm³/mol. The summed E-state index contributed by atoms with van der Waals surface area (Å²) in [6.45, 7) is 0. The predicted octanol–water partition coefficient (Wildman–Crippen LogP) is 1.38. The van der Waals surface area contributed by atoms with Crippen molar-refractivity contribution >= 4 is 10.8 Å². The second-order valence-corrected chi connectivity index (χ2v) is 3.58. The fraction of sp³-hybridized carbons (Fsp3) is 0. The van der Waals surface area contributed by atoms with Gasteiger partial charge in [0.05, 0.1) is 17.8 Å². The lowest BCUT2D eigenvalue weighted by Crippen LogP contribution is -2.10. The van der Waals surface area contributed by atoms with Crippen LogP contribution >= 0.6 is 0 Å². The lowest BCUT2D eigenvalue weighted by molar-refractivity contribution is 0.994. The highest BCUT2D eigenvalue weighted by Crippen LogP contribution is 2.22. The molecule has 2 aromatic heterocycles. The number of aromatic amines is 1. The van der Waals surface area contributed by atoms with Gasteiger partial charge in [0, 0.05) is 10.9 Å². The minimum Gasteiger partial charge on any atom is -0.267 e. The van der Waals surface area contributed by atoms with Crippen LogP contribution < -0.4 is 5.56 Å². The molecule has 0 atom stereocenters. The maximum absolute atomic E-state index is 11.6. The van der Waals surface area contributed by atoms with Crippen LogP contribution in [0.3, 0.4) is 0 Å². The van der Waals surface area contributed by atoms with Gasteiger partial charge in [-0.2, -0.15) is 15.3 Å². The summed E-state index contributed by atoms with van der Waals surface area (Å²) < 4.78 is 0. The highest BCUT2D eigenvalue weighted by Gasteiger charge is 2.08. The maximum atomic E-state index is 11.6. The first-order valence-corrected chi connectivity index (χ1v) is 5.11. The average molecular weight is 224 g/mol. The Morgan fingerprint density at radius 1 is 0.941 bits per heavy atom. The molecule has 0 bridgehead atoms. The summed E-state index contributed by atoms with van der Waals surface area (Å²) in [5.74, 6) is 0. The monoisotopic (exact) mass is 224 g/mol. The number of hydrogen-bond donors (Lipinski definition) is 1. The molecule has 2 heterocycles. The molecule has 3 aromatic rings. The third-order valence-corrected chi connectivity index (χ3v) is 2.55. The molecular formula is C12H8N4O. The van der Waals surface area contributed by atoms with Crippen LogP contribution in [-0.4, -0.2) is 20.4 Å². The molecule has 1 N–H and O–H groups in total. The van der Waals surface area contributed by atoms with Gasteiger partial charge in [-0.3, -0.25) is 4.79 Å². The molecular weight excluding hydrogens is 216 g/mol. The minimum absolute atomic E-state index is 0.255. The van der Waals surface area contributed by atoms with Gasteiger partial charge in [-0.15, -0.1) is 0 Å². The second kappa shape index (κ2) is 3.79. The van der Waals surface area contributed by atoms with Crippen molar-refractivity contribution in [2.24, 2.45) is 0 Å².